The molecule has 0 bridgehead atoms. The highest BCUT2D eigenvalue weighted by Gasteiger charge is 2.43. The summed E-state index contributed by atoms with van der Waals surface area (Å²) in [6.45, 7) is 9.01. The zero-order chi connectivity index (χ0) is 18.9. The predicted molar refractivity (Wildman–Crippen MR) is 99.8 cm³/mol. The van der Waals surface area contributed by atoms with Crippen LogP contribution in [0.2, 0.25) is 0 Å². The number of hydrogen-bond acceptors (Lipinski definition) is 4. The molecule has 26 heavy (non-hydrogen) atoms. The number of benzene rings is 1. The standard InChI is InChI=1S/C21H27NO4/c1-5-25-18(23)16-14-21(17-9-7-6-8-15(16)17)10-12-22(13-11-21)19(24)26-20(2,3)4/h6-9,14H,5,10-13H2,1-4H3. The van der Waals surface area contributed by atoms with E-state index in [1.54, 1.807) is 4.90 Å². The molecule has 0 radical (unpaired) electrons. The number of likely N-dealkylation sites (tertiary alicyclic amines) is 1. The van der Waals surface area contributed by atoms with Crippen molar-refractivity contribution in [2.75, 3.05) is 19.7 Å². The second-order valence-electron chi connectivity index (χ2n) is 7.95. The number of hydrogen-bond donors (Lipinski definition) is 0. The van der Waals surface area contributed by atoms with Crippen molar-refractivity contribution in [2.45, 2.75) is 51.6 Å². The van der Waals surface area contributed by atoms with E-state index in [1.165, 1.54) is 0 Å². The van der Waals surface area contributed by atoms with Crippen molar-refractivity contribution in [3.63, 3.8) is 0 Å². The molecule has 2 aliphatic rings. The molecule has 1 aliphatic heterocycles. The van der Waals surface area contributed by atoms with E-state index < -0.39 is 5.60 Å². The van der Waals surface area contributed by atoms with Gasteiger partial charge in [-0.2, -0.15) is 0 Å². The molecular weight excluding hydrogens is 330 g/mol. The molecule has 0 N–H and O–H groups in total. The highest BCUT2D eigenvalue weighted by molar-refractivity contribution is 6.18. The minimum absolute atomic E-state index is 0.211. The van der Waals surface area contributed by atoms with Crippen molar-refractivity contribution >= 4 is 17.6 Å². The first-order valence-electron chi connectivity index (χ1n) is 9.23. The molecule has 0 atom stereocenters. The van der Waals surface area contributed by atoms with Gasteiger partial charge in [0.2, 0.25) is 0 Å². The van der Waals surface area contributed by atoms with E-state index in [0.29, 0.717) is 25.3 Å². The Morgan fingerprint density at radius 1 is 1.15 bits per heavy atom. The highest BCUT2D eigenvalue weighted by Crippen LogP contribution is 2.47. The van der Waals surface area contributed by atoms with Gasteiger partial charge in [0.15, 0.2) is 0 Å². The van der Waals surface area contributed by atoms with Crippen molar-refractivity contribution in [3.05, 3.63) is 41.5 Å². The van der Waals surface area contributed by atoms with Crippen LogP contribution in [0.5, 0.6) is 0 Å². The van der Waals surface area contributed by atoms with E-state index in [0.717, 1.165) is 24.0 Å². The van der Waals surface area contributed by atoms with Crippen LogP contribution in [0.15, 0.2) is 30.3 Å². The lowest BCUT2D eigenvalue weighted by Crippen LogP contribution is -2.45. The number of esters is 1. The number of fused-ring (bicyclic) bond motifs is 2. The predicted octanol–water partition coefficient (Wildman–Crippen LogP) is 3.92. The molecule has 0 saturated carbocycles. The fraction of sp³-hybridized carbons (Fsp3) is 0.524. The maximum atomic E-state index is 12.4. The van der Waals surface area contributed by atoms with Crippen molar-refractivity contribution in [1.82, 2.24) is 4.90 Å². The van der Waals surface area contributed by atoms with Crippen molar-refractivity contribution in [1.29, 1.82) is 0 Å². The molecule has 1 aromatic rings. The largest absolute Gasteiger partial charge is 0.462 e. The van der Waals surface area contributed by atoms with Gasteiger partial charge in [0.25, 0.3) is 0 Å². The summed E-state index contributed by atoms with van der Waals surface area (Å²) in [5.74, 6) is -0.272. The molecule has 3 rings (SSSR count). The van der Waals surface area contributed by atoms with Crippen LogP contribution in [0.1, 0.15) is 51.7 Å². The summed E-state index contributed by atoms with van der Waals surface area (Å²) in [6.07, 6.45) is 3.33. The Labute approximate surface area is 155 Å². The average Bonchev–Trinajstić information content (AvgIpc) is 2.89. The fourth-order valence-electron chi connectivity index (χ4n) is 3.79. The van der Waals surface area contributed by atoms with E-state index in [-0.39, 0.29) is 17.5 Å². The van der Waals surface area contributed by atoms with E-state index >= 15 is 0 Å². The molecule has 1 spiro atoms. The van der Waals surface area contributed by atoms with Crippen LogP contribution in [-0.4, -0.2) is 42.3 Å². The lowest BCUT2D eigenvalue weighted by Gasteiger charge is -2.39. The molecule has 1 aromatic carbocycles. The monoisotopic (exact) mass is 357 g/mol. The number of amides is 1. The molecule has 0 aromatic heterocycles. The van der Waals surface area contributed by atoms with Gasteiger partial charge < -0.3 is 14.4 Å². The maximum Gasteiger partial charge on any atom is 0.410 e. The number of carbonyl (C=O) groups excluding carboxylic acids is 2. The number of allylic oxidation sites excluding steroid dienone is 1. The Morgan fingerprint density at radius 2 is 1.81 bits per heavy atom. The molecule has 1 fully saturated rings. The number of nitrogens with zero attached hydrogens (tertiary/aromatic N) is 1. The second kappa shape index (κ2) is 6.78. The summed E-state index contributed by atoms with van der Waals surface area (Å²) in [7, 11) is 0. The fourth-order valence-corrected chi connectivity index (χ4v) is 3.79. The number of ether oxygens (including phenoxy) is 2. The molecule has 0 unspecified atom stereocenters. The molecule has 1 aliphatic carbocycles. The Balaban J connectivity index is 1.81. The lowest BCUT2D eigenvalue weighted by molar-refractivity contribution is -0.136. The molecule has 5 heteroatoms. The van der Waals surface area contributed by atoms with Gasteiger partial charge in [-0.3, -0.25) is 0 Å². The topological polar surface area (TPSA) is 55.8 Å². The van der Waals surface area contributed by atoms with Crippen LogP contribution in [-0.2, 0) is 19.7 Å². The number of rotatable bonds is 2. The summed E-state index contributed by atoms with van der Waals surface area (Å²) < 4.78 is 10.7. The summed E-state index contributed by atoms with van der Waals surface area (Å²) in [5.41, 5.74) is 2.05. The van der Waals surface area contributed by atoms with Gasteiger partial charge in [-0.05, 0) is 51.7 Å². The Morgan fingerprint density at radius 3 is 2.42 bits per heavy atom. The lowest BCUT2D eigenvalue weighted by atomic mass is 9.74. The molecule has 1 heterocycles. The first-order chi connectivity index (χ1) is 12.3. The van der Waals surface area contributed by atoms with Crippen LogP contribution in [0.4, 0.5) is 4.79 Å². The Hall–Kier alpha value is -2.30. The third-order valence-electron chi connectivity index (χ3n) is 4.98. The van der Waals surface area contributed by atoms with Gasteiger partial charge in [0, 0.05) is 18.5 Å². The van der Waals surface area contributed by atoms with E-state index in [9.17, 15) is 9.59 Å². The van der Waals surface area contributed by atoms with Gasteiger partial charge in [0.1, 0.15) is 5.60 Å². The van der Waals surface area contributed by atoms with Gasteiger partial charge in [-0.25, -0.2) is 9.59 Å². The Kier molecular flexibility index (Phi) is 4.82. The van der Waals surface area contributed by atoms with Gasteiger partial charge in [0.05, 0.1) is 12.2 Å². The number of carbonyl (C=O) groups is 2. The first-order valence-corrected chi connectivity index (χ1v) is 9.23. The summed E-state index contributed by atoms with van der Waals surface area (Å²) >= 11 is 0. The van der Waals surface area contributed by atoms with Gasteiger partial charge in [-0.1, -0.05) is 30.3 Å². The smallest absolute Gasteiger partial charge is 0.410 e. The van der Waals surface area contributed by atoms with Gasteiger partial charge in [-0.15, -0.1) is 0 Å². The minimum Gasteiger partial charge on any atom is -0.462 e. The minimum atomic E-state index is -0.497. The van der Waals surface area contributed by atoms with Gasteiger partial charge >= 0.3 is 12.1 Å². The van der Waals surface area contributed by atoms with E-state index in [1.807, 2.05) is 45.9 Å². The van der Waals surface area contributed by atoms with Crippen molar-refractivity contribution in [2.24, 2.45) is 0 Å². The third-order valence-corrected chi connectivity index (χ3v) is 4.98. The summed E-state index contributed by atoms with van der Waals surface area (Å²) in [6, 6.07) is 8.01. The Bertz CT molecular complexity index is 737. The zero-order valence-electron chi connectivity index (χ0n) is 16.0. The van der Waals surface area contributed by atoms with Crippen molar-refractivity contribution < 1.29 is 19.1 Å². The highest BCUT2D eigenvalue weighted by atomic mass is 16.6. The SMILES string of the molecule is CCOC(=O)C1=CC2(CCN(C(=O)OC(C)(C)C)CC2)c2ccccc21. The molecule has 140 valence electrons. The maximum absolute atomic E-state index is 12.4. The zero-order valence-corrected chi connectivity index (χ0v) is 16.0. The second-order valence-corrected chi connectivity index (χ2v) is 7.95. The summed E-state index contributed by atoms with van der Waals surface area (Å²) in [4.78, 5) is 26.5. The van der Waals surface area contributed by atoms with E-state index in [2.05, 4.69) is 12.1 Å². The van der Waals surface area contributed by atoms with Crippen LogP contribution < -0.4 is 0 Å². The quantitative estimate of drug-likeness (QED) is 0.753. The normalized spacial score (nSPS) is 18.3. The van der Waals surface area contributed by atoms with Crippen LogP contribution in [0.25, 0.3) is 5.57 Å². The third kappa shape index (κ3) is 3.48. The molecule has 5 nitrogen and oxygen atoms in total. The van der Waals surface area contributed by atoms with Crippen LogP contribution in [0.3, 0.4) is 0 Å². The first kappa shape index (κ1) is 18.5. The number of piperidine rings is 1. The molecule has 1 saturated heterocycles. The molecular formula is C21H27NO4. The van der Waals surface area contributed by atoms with Crippen molar-refractivity contribution in [3.8, 4) is 0 Å². The van der Waals surface area contributed by atoms with Crippen LogP contribution >= 0.6 is 0 Å². The average molecular weight is 357 g/mol. The molecule has 1 amide bonds. The van der Waals surface area contributed by atoms with E-state index in [4.69, 9.17) is 9.47 Å². The summed E-state index contributed by atoms with van der Waals surface area (Å²) in [5, 5.41) is 0. The van der Waals surface area contributed by atoms with Crippen LogP contribution in [0, 0.1) is 0 Å².